The molecule has 1 aliphatic heterocycles. The fourth-order valence-corrected chi connectivity index (χ4v) is 2.76. The van der Waals surface area contributed by atoms with Crippen molar-refractivity contribution in [1.29, 1.82) is 0 Å². The highest BCUT2D eigenvalue weighted by atomic mass is 14.7. The Morgan fingerprint density at radius 1 is 1.17 bits per heavy atom. The zero-order valence-corrected chi connectivity index (χ0v) is 16.2. The highest BCUT2D eigenvalue weighted by Crippen LogP contribution is 2.19. The molecule has 0 aliphatic carbocycles. The largest absolute Gasteiger partial charge is 0.289 e. The van der Waals surface area contributed by atoms with Gasteiger partial charge in [-0.3, -0.25) is 4.99 Å². The van der Waals surface area contributed by atoms with Gasteiger partial charge in [-0.15, -0.1) is 0 Å². The summed E-state index contributed by atoms with van der Waals surface area (Å²) in [7, 11) is 0. The minimum Gasteiger partial charge on any atom is -0.289 e. The van der Waals surface area contributed by atoms with E-state index in [0.717, 1.165) is 25.1 Å². The number of hydrogen-bond acceptors (Lipinski definition) is 2. The molecular weight excluding hydrogens is 292 g/mol. The van der Waals surface area contributed by atoms with Gasteiger partial charge in [0.25, 0.3) is 0 Å². The lowest BCUT2D eigenvalue weighted by Crippen LogP contribution is -2.12. The average molecular weight is 325 g/mol. The lowest BCUT2D eigenvalue weighted by molar-refractivity contribution is 0.770. The van der Waals surface area contributed by atoms with E-state index in [2.05, 4.69) is 68.6 Å². The maximum Gasteiger partial charge on any atom is 0.116 e. The molecule has 24 heavy (non-hydrogen) atoms. The summed E-state index contributed by atoms with van der Waals surface area (Å²) in [5.74, 6) is 7.01. The standard InChI is InChI=1S/C11H19N.C11H13N/c2*1-4-6-11-10(9(2)3)7-5-8-12-11/h7,9H,4-6,8H2,1-3H3;5,7-9H,1-3H3. The van der Waals surface area contributed by atoms with Crippen LogP contribution in [-0.2, 0) is 0 Å². The van der Waals surface area contributed by atoms with Crippen molar-refractivity contribution in [2.24, 2.45) is 10.9 Å². The molecule has 0 N–H and O–H groups in total. The molecule has 0 radical (unpaired) electrons. The summed E-state index contributed by atoms with van der Waals surface area (Å²) in [6.45, 7) is 13.9. The lowest BCUT2D eigenvalue weighted by atomic mass is 9.93. The van der Waals surface area contributed by atoms with Crippen LogP contribution in [0, 0.1) is 17.8 Å². The Kier molecular flexibility index (Phi) is 9.08. The van der Waals surface area contributed by atoms with Gasteiger partial charge >= 0.3 is 0 Å². The monoisotopic (exact) mass is 324 g/mol. The van der Waals surface area contributed by atoms with Crippen molar-refractivity contribution in [1.82, 2.24) is 4.98 Å². The Bertz CT molecular complexity index is 625. The molecule has 0 atom stereocenters. The molecule has 0 amide bonds. The highest BCUT2D eigenvalue weighted by molar-refractivity contribution is 6.00. The van der Waals surface area contributed by atoms with E-state index < -0.39 is 0 Å². The van der Waals surface area contributed by atoms with Crippen molar-refractivity contribution in [2.75, 3.05) is 6.54 Å². The quantitative estimate of drug-likeness (QED) is 0.643. The van der Waals surface area contributed by atoms with E-state index in [1.807, 2.05) is 13.0 Å². The predicted molar refractivity (Wildman–Crippen MR) is 106 cm³/mol. The third-order valence-corrected chi connectivity index (χ3v) is 3.94. The van der Waals surface area contributed by atoms with Crippen LogP contribution < -0.4 is 0 Å². The number of allylic oxidation sites excluding steroid dienone is 1. The molecule has 130 valence electrons. The molecule has 2 nitrogen and oxygen atoms in total. The molecule has 1 aliphatic rings. The molecule has 0 fully saturated rings. The minimum absolute atomic E-state index is 0.495. The van der Waals surface area contributed by atoms with Gasteiger partial charge in [0.2, 0.25) is 0 Å². The van der Waals surface area contributed by atoms with Gasteiger partial charge in [-0.25, -0.2) is 4.98 Å². The number of nitrogens with zero attached hydrogens (tertiary/aromatic N) is 2. The molecule has 2 heterocycles. The summed E-state index contributed by atoms with van der Waals surface area (Å²) in [6.07, 6.45) is 7.65. The van der Waals surface area contributed by atoms with Crippen molar-refractivity contribution >= 4 is 5.71 Å². The topological polar surface area (TPSA) is 25.2 Å². The molecule has 0 aromatic carbocycles. The molecule has 0 saturated carbocycles. The predicted octanol–water partition coefficient (Wildman–Crippen LogP) is 5.79. The zero-order valence-electron chi connectivity index (χ0n) is 16.2. The van der Waals surface area contributed by atoms with Crippen LogP contribution in [0.25, 0.3) is 0 Å². The van der Waals surface area contributed by atoms with E-state index in [1.54, 1.807) is 6.20 Å². The van der Waals surface area contributed by atoms with Gasteiger partial charge < -0.3 is 0 Å². The van der Waals surface area contributed by atoms with Crippen LogP contribution in [0.2, 0.25) is 0 Å². The Balaban J connectivity index is 0.000000240. The van der Waals surface area contributed by atoms with E-state index >= 15 is 0 Å². The Morgan fingerprint density at radius 2 is 1.92 bits per heavy atom. The third-order valence-electron chi connectivity index (χ3n) is 3.94. The summed E-state index contributed by atoms with van der Waals surface area (Å²) in [5.41, 5.74) is 4.99. The third kappa shape index (κ3) is 6.32. The molecule has 2 rings (SSSR count). The van der Waals surface area contributed by atoms with Gasteiger partial charge in [-0.05, 0) is 54.7 Å². The summed E-state index contributed by atoms with van der Waals surface area (Å²) < 4.78 is 0. The van der Waals surface area contributed by atoms with E-state index in [-0.39, 0.29) is 0 Å². The Morgan fingerprint density at radius 3 is 2.50 bits per heavy atom. The first-order valence-electron chi connectivity index (χ1n) is 9.12. The fourth-order valence-electron chi connectivity index (χ4n) is 2.76. The lowest BCUT2D eigenvalue weighted by Gasteiger charge is -2.17. The zero-order chi connectivity index (χ0) is 17.9. The molecule has 0 saturated heterocycles. The molecule has 1 aromatic heterocycles. The summed E-state index contributed by atoms with van der Waals surface area (Å²) in [5, 5.41) is 0. The first kappa shape index (κ1) is 20.2. The number of pyridine rings is 1. The van der Waals surface area contributed by atoms with Crippen LogP contribution in [0.15, 0.2) is 35.0 Å². The second-order valence-corrected chi connectivity index (χ2v) is 6.65. The molecule has 2 heteroatoms. The minimum atomic E-state index is 0.495. The first-order valence-corrected chi connectivity index (χ1v) is 9.12. The van der Waals surface area contributed by atoms with Gasteiger partial charge in [-0.2, -0.15) is 0 Å². The molecule has 0 spiro atoms. The number of aliphatic imine (C=N–C) groups is 1. The van der Waals surface area contributed by atoms with E-state index in [9.17, 15) is 0 Å². The summed E-state index contributed by atoms with van der Waals surface area (Å²) >= 11 is 0. The Labute approximate surface area is 148 Å². The second-order valence-electron chi connectivity index (χ2n) is 6.65. The van der Waals surface area contributed by atoms with Crippen LogP contribution in [0.3, 0.4) is 0 Å². The van der Waals surface area contributed by atoms with E-state index in [0.29, 0.717) is 11.8 Å². The molecule has 0 unspecified atom stereocenters. The van der Waals surface area contributed by atoms with Crippen molar-refractivity contribution in [2.45, 2.75) is 66.7 Å². The maximum absolute atomic E-state index is 4.57. The normalized spacial score (nSPS) is 13.5. The van der Waals surface area contributed by atoms with Crippen LogP contribution >= 0.6 is 0 Å². The first-order chi connectivity index (χ1) is 11.5. The molecule has 1 aromatic rings. The second kappa shape index (κ2) is 10.8. The fraction of sp³-hybridized carbons (Fsp3) is 0.545. The van der Waals surface area contributed by atoms with Crippen LogP contribution in [0.4, 0.5) is 0 Å². The van der Waals surface area contributed by atoms with Gasteiger partial charge in [0.1, 0.15) is 5.69 Å². The summed E-state index contributed by atoms with van der Waals surface area (Å²) in [6, 6.07) is 4.04. The molecular formula is C22H32N2. The maximum atomic E-state index is 4.57. The Hall–Kier alpha value is -1.88. The smallest absolute Gasteiger partial charge is 0.116 e. The van der Waals surface area contributed by atoms with Crippen LogP contribution in [0.1, 0.15) is 78.0 Å². The molecule has 0 bridgehead atoms. The highest BCUT2D eigenvalue weighted by Gasteiger charge is 2.12. The SMILES string of the molecule is CC#Cc1ncccc1C(C)C.CCCC1=NCCC=C1C(C)C. The van der Waals surface area contributed by atoms with E-state index in [1.165, 1.54) is 23.3 Å². The average Bonchev–Trinajstić information content (AvgIpc) is 2.57. The van der Waals surface area contributed by atoms with Crippen molar-refractivity contribution in [3.63, 3.8) is 0 Å². The van der Waals surface area contributed by atoms with Gasteiger partial charge in [-0.1, -0.05) is 59.1 Å². The van der Waals surface area contributed by atoms with Crippen molar-refractivity contribution < 1.29 is 0 Å². The number of hydrogen-bond donors (Lipinski definition) is 0. The van der Waals surface area contributed by atoms with Gasteiger partial charge in [0.15, 0.2) is 0 Å². The van der Waals surface area contributed by atoms with Crippen molar-refractivity contribution in [3.05, 3.63) is 41.2 Å². The number of rotatable bonds is 4. The van der Waals surface area contributed by atoms with E-state index in [4.69, 9.17) is 0 Å². The van der Waals surface area contributed by atoms with Crippen LogP contribution in [-0.4, -0.2) is 17.2 Å². The van der Waals surface area contributed by atoms with Gasteiger partial charge in [0.05, 0.1) is 0 Å². The summed E-state index contributed by atoms with van der Waals surface area (Å²) in [4.78, 5) is 8.79. The number of dihydropyridines is 1. The number of aromatic nitrogens is 1. The van der Waals surface area contributed by atoms with Gasteiger partial charge in [0, 0.05) is 18.5 Å². The van der Waals surface area contributed by atoms with Crippen molar-refractivity contribution in [3.8, 4) is 11.8 Å². The van der Waals surface area contributed by atoms with Crippen LogP contribution in [0.5, 0.6) is 0 Å².